The van der Waals surface area contributed by atoms with E-state index in [-0.39, 0.29) is 29.1 Å². The second-order valence-electron chi connectivity index (χ2n) is 10.0. The number of sulfonamides is 1. The fraction of sp³-hybridized carbons (Fsp3) is 0.355. The summed E-state index contributed by atoms with van der Waals surface area (Å²) < 4.78 is 39.7. The zero-order valence-corrected chi connectivity index (χ0v) is 24.5. The van der Waals surface area contributed by atoms with E-state index in [4.69, 9.17) is 9.47 Å². The molecule has 2 amide bonds. The number of anilines is 1. The first-order chi connectivity index (χ1) is 19.7. The highest BCUT2D eigenvalue weighted by molar-refractivity contribution is 7.92. The van der Waals surface area contributed by atoms with Gasteiger partial charge in [0.1, 0.15) is 12.6 Å². The Morgan fingerprint density at radius 2 is 1.51 bits per heavy atom. The standard InChI is InChI=1S/C31H37N3O6S/c1-23(31(36)32-25-14-10-11-15-25)33(21-24-12-6-4-7-13-24)30(35)22-34(26-16-8-5-9-17-26)41(37,38)27-18-19-28(39-2)29(20-27)40-3/h4-9,12-13,16-20,23,25H,10-11,14-15,21-22H2,1-3H3,(H,32,36)/t23-/m0/s1. The van der Waals surface area contributed by atoms with Crippen LogP contribution in [-0.4, -0.2) is 58.0 Å². The Morgan fingerprint density at radius 1 is 0.902 bits per heavy atom. The number of carbonyl (C=O) groups excluding carboxylic acids is 2. The molecule has 3 aromatic rings. The van der Waals surface area contributed by atoms with Gasteiger partial charge < -0.3 is 19.7 Å². The van der Waals surface area contributed by atoms with Crippen molar-refractivity contribution < 1.29 is 27.5 Å². The molecular formula is C31H37N3O6S. The number of para-hydroxylation sites is 1. The van der Waals surface area contributed by atoms with Crippen LogP contribution < -0.4 is 19.1 Å². The van der Waals surface area contributed by atoms with Crippen LogP contribution in [-0.2, 0) is 26.2 Å². The van der Waals surface area contributed by atoms with Crippen LogP contribution in [0.1, 0.15) is 38.2 Å². The normalized spacial score (nSPS) is 14.2. The van der Waals surface area contributed by atoms with Gasteiger partial charge in [-0.05, 0) is 49.6 Å². The van der Waals surface area contributed by atoms with Crippen molar-refractivity contribution in [2.24, 2.45) is 0 Å². The summed E-state index contributed by atoms with van der Waals surface area (Å²) >= 11 is 0. The summed E-state index contributed by atoms with van der Waals surface area (Å²) in [4.78, 5) is 28.7. The Labute approximate surface area is 242 Å². The SMILES string of the molecule is COc1ccc(S(=O)(=O)N(CC(=O)N(Cc2ccccc2)[C@@H](C)C(=O)NC2CCCC2)c2ccccc2)cc1OC. The van der Waals surface area contributed by atoms with Crippen molar-refractivity contribution in [2.45, 2.75) is 56.1 Å². The predicted molar refractivity (Wildman–Crippen MR) is 157 cm³/mol. The predicted octanol–water partition coefficient (Wildman–Crippen LogP) is 4.38. The van der Waals surface area contributed by atoms with Gasteiger partial charge in [-0.15, -0.1) is 0 Å². The molecule has 0 unspecified atom stereocenters. The van der Waals surface area contributed by atoms with E-state index in [0.717, 1.165) is 35.6 Å². The maximum Gasteiger partial charge on any atom is 0.264 e. The molecule has 1 aliphatic carbocycles. The fourth-order valence-electron chi connectivity index (χ4n) is 4.98. The van der Waals surface area contributed by atoms with Gasteiger partial charge in [0.15, 0.2) is 11.5 Å². The lowest BCUT2D eigenvalue weighted by atomic mass is 10.1. The van der Waals surface area contributed by atoms with E-state index in [2.05, 4.69) is 5.32 Å². The molecule has 4 rings (SSSR count). The van der Waals surface area contributed by atoms with Gasteiger partial charge in [0, 0.05) is 18.7 Å². The maximum atomic E-state index is 14.0. The molecule has 1 N–H and O–H groups in total. The molecule has 10 heteroatoms. The summed E-state index contributed by atoms with van der Waals surface area (Å²) in [5.74, 6) is -0.133. The van der Waals surface area contributed by atoms with Crippen LogP contribution in [0.4, 0.5) is 5.69 Å². The monoisotopic (exact) mass is 579 g/mol. The largest absolute Gasteiger partial charge is 0.493 e. The van der Waals surface area contributed by atoms with Gasteiger partial charge in [0.05, 0.1) is 24.8 Å². The minimum absolute atomic E-state index is 0.0616. The third kappa shape index (κ3) is 7.18. The van der Waals surface area contributed by atoms with Gasteiger partial charge in [0.2, 0.25) is 11.8 Å². The number of methoxy groups -OCH3 is 2. The van der Waals surface area contributed by atoms with Crippen molar-refractivity contribution in [1.29, 1.82) is 0 Å². The molecule has 0 heterocycles. The minimum Gasteiger partial charge on any atom is -0.493 e. The number of nitrogens with one attached hydrogen (secondary N) is 1. The first kappa shape index (κ1) is 29.9. The highest BCUT2D eigenvalue weighted by Gasteiger charge is 2.33. The Hall–Kier alpha value is -4.05. The Balaban J connectivity index is 1.68. The van der Waals surface area contributed by atoms with E-state index in [0.29, 0.717) is 11.4 Å². The van der Waals surface area contributed by atoms with E-state index >= 15 is 0 Å². The number of nitrogens with zero attached hydrogens (tertiary/aromatic N) is 2. The number of hydrogen-bond donors (Lipinski definition) is 1. The number of rotatable bonds is 12. The van der Waals surface area contributed by atoms with Gasteiger partial charge in [-0.25, -0.2) is 8.42 Å². The van der Waals surface area contributed by atoms with Crippen molar-refractivity contribution in [2.75, 3.05) is 25.1 Å². The van der Waals surface area contributed by atoms with Crippen LogP contribution in [0.15, 0.2) is 83.8 Å². The van der Waals surface area contributed by atoms with Gasteiger partial charge in [-0.1, -0.05) is 61.4 Å². The van der Waals surface area contributed by atoms with E-state index in [1.165, 1.54) is 37.3 Å². The first-order valence-electron chi connectivity index (χ1n) is 13.7. The number of amides is 2. The highest BCUT2D eigenvalue weighted by atomic mass is 32.2. The molecule has 1 aliphatic rings. The second kappa shape index (κ2) is 13.5. The van der Waals surface area contributed by atoms with E-state index in [1.807, 2.05) is 30.3 Å². The van der Waals surface area contributed by atoms with Crippen molar-refractivity contribution >= 4 is 27.5 Å². The van der Waals surface area contributed by atoms with Crippen LogP contribution >= 0.6 is 0 Å². The summed E-state index contributed by atoms with van der Waals surface area (Å²) in [6.07, 6.45) is 3.95. The van der Waals surface area contributed by atoms with E-state index < -0.39 is 28.5 Å². The number of hydrogen-bond acceptors (Lipinski definition) is 6. The molecule has 0 bridgehead atoms. The van der Waals surface area contributed by atoms with Crippen molar-refractivity contribution in [3.8, 4) is 11.5 Å². The third-order valence-electron chi connectivity index (χ3n) is 7.33. The van der Waals surface area contributed by atoms with Crippen LogP contribution in [0, 0.1) is 0 Å². The third-order valence-corrected chi connectivity index (χ3v) is 9.10. The zero-order valence-electron chi connectivity index (χ0n) is 23.7. The molecule has 1 saturated carbocycles. The molecule has 218 valence electrons. The Morgan fingerprint density at radius 3 is 2.12 bits per heavy atom. The molecule has 9 nitrogen and oxygen atoms in total. The molecular weight excluding hydrogens is 542 g/mol. The molecule has 1 fully saturated rings. The lowest BCUT2D eigenvalue weighted by molar-refractivity contribution is -0.139. The quantitative estimate of drug-likeness (QED) is 0.342. The molecule has 3 aromatic carbocycles. The first-order valence-corrected chi connectivity index (χ1v) is 15.1. The zero-order chi connectivity index (χ0) is 29.4. The molecule has 0 saturated heterocycles. The van der Waals surface area contributed by atoms with Crippen LogP contribution in [0.2, 0.25) is 0 Å². The Kier molecular flexibility index (Phi) is 9.88. The highest BCUT2D eigenvalue weighted by Crippen LogP contribution is 2.32. The Bertz CT molecular complexity index is 1430. The number of ether oxygens (including phenoxy) is 2. The molecule has 0 radical (unpaired) electrons. The van der Waals surface area contributed by atoms with Gasteiger partial charge in [-0.3, -0.25) is 13.9 Å². The number of carbonyl (C=O) groups is 2. The van der Waals surface area contributed by atoms with Crippen molar-refractivity contribution in [1.82, 2.24) is 10.2 Å². The molecule has 0 aliphatic heterocycles. The lowest BCUT2D eigenvalue weighted by Crippen LogP contribution is -2.52. The molecule has 0 spiro atoms. The van der Waals surface area contributed by atoms with Gasteiger partial charge in [0.25, 0.3) is 10.0 Å². The van der Waals surface area contributed by atoms with Crippen LogP contribution in [0.3, 0.4) is 0 Å². The van der Waals surface area contributed by atoms with Crippen LogP contribution in [0.25, 0.3) is 0 Å². The number of benzene rings is 3. The van der Waals surface area contributed by atoms with Crippen LogP contribution in [0.5, 0.6) is 11.5 Å². The lowest BCUT2D eigenvalue weighted by Gasteiger charge is -2.32. The molecule has 0 aromatic heterocycles. The summed E-state index contributed by atoms with van der Waals surface area (Å²) in [6.45, 7) is 1.33. The maximum absolute atomic E-state index is 14.0. The van der Waals surface area contributed by atoms with E-state index in [1.54, 1.807) is 37.3 Å². The summed E-state index contributed by atoms with van der Waals surface area (Å²) in [5, 5.41) is 3.07. The minimum atomic E-state index is -4.23. The molecule has 41 heavy (non-hydrogen) atoms. The topological polar surface area (TPSA) is 105 Å². The molecule has 1 atom stereocenters. The average Bonchev–Trinajstić information content (AvgIpc) is 3.51. The average molecular weight is 580 g/mol. The van der Waals surface area contributed by atoms with Gasteiger partial charge >= 0.3 is 0 Å². The smallest absolute Gasteiger partial charge is 0.264 e. The summed E-state index contributed by atoms with van der Waals surface area (Å²) in [5.41, 5.74) is 1.15. The summed E-state index contributed by atoms with van der Waals surface area (Å²) in [7, 11) is -1.34. The fourth-order valence-corrected chi connectivity index (χ4v) is 6.41. The van der Waals surface area contributed by atoms with E-state index in [9.17, 15) is 18.0 Å². The van der Waals surface area contributed by atoms with Crippen molar-refractivity contribution in [3.05, 3.63) is 84.4 Å². The second-order valence-corrected chi connectivity index (χ2v) is 11.9. The summed E-state index contributed by atoms with van der Waals surface area (Å²) in [6, 6.07) is 21.3. The van der Waals surface area contributed by atoms with Crippen molar-refractivity contribution in [3.63, 3.8) is 0 Å². The van der Waals surface area contributed by atoms with Gasteiger partial charge in [-0.2, -0.15) is 0 Å².